The van der Waals surface area contributed by atoms with E-state index in [0.717, 1.165) is 11.5 Å². The molecule has 1 heterocycles. The van der Waals surface area contributed by atoms with Crippen molar-refractivity contribution in [3.63, 3.8) is 0 Å². The lowest BCUT2D eigenvalue weighted by atomic mass is 10.1. The SMILES string of the molecule is Cc1nnsc1C(=O)NC(C)CCCC(=O)O. The van der Waals surface area contributed by atoms with E-state index in [4.69, 9.17) is 5.11 Å². The number of hydrogen-bond donors (Lipinski definition) is 2. The van der Waals surface area contributed by atoms with Crippen LogP contribution in [0.25, 0.3) is 0 Å². The van der Waals surface area contributed by atoms with Crippen molar-refractivity contribution in [1.29, 1.82) is 0 Å². The van der Waals surface area contributed by atoms with Crippen LogP contribution in [0.1, 0.15) is 41.6 Å². The zero-order valence-electron chi connectivity index (χ0n) is 9.77. The van der Waals surface area contributed by atoms with Crippen molar-refractivity contribution in [2.45, 2.75) is 39.2 Å². The molecule has 1 unspecified atom stereocenters. The van der Waals surface area contributed by atoms with E-state index in [2.05, 4.69) is 14.9 Å². The number of aryl methyl sites for hydroxylation is 1. The fourth-order valence-corrected chi connectivity index (χ4v) is 1.92. The fourth-order valence-electron chi connectivity index (χ4n) is 1.36. The Kier molecular flexibility index (Phi) is 5.02. The van der Waals surface area contributed by atoms with Gasteiger partial charge in [-0.3, -0.25) is 9.59 Å². The topological polar surface area (TPSA) is 92.2 Å². The van der Waals surface area contributed by atoms with Crippen LogP contribution in [0.4, 0.5) is 0 Å². The van der Waals surface area contributed by atoms with Crippen LogP contribution in [0.15, 0.2) is 0 Å². The number of rotatable bonds is 6. The van der Waals surface area contributed by atoms with Gasteiger partial charge in [0.15, 0.2) is 0 Å². The Hall–Kier alpha value is -1.50. The molecule has 1 rings (SSSR count). The normalized spacial score (nSPS) is 12.1. The minimum absolute atomic E-state index is 0.0525. The summed E-state index contributed by atoms with van der Waals surface area (Å²) < 4.78 is 3.69. The smallest absolute Gasteiger partial charge is 0.303 e. The highest BCUT2D eigenvalue weighted by Gasteiger charge is 2.15. The van der Waals surface area contributed by atoms with Crippen LogP contribution in [0.5, 0.6) is 0 Å². The molecule has 6 nitrogen and oxygen atoms in total. The molecule has 1 aromatic rings. The van der Waals surface area contributed by atoms with E-state index in [1.54, 1.807) is 6.92 Å². The van der Waals surface area contributed by atoms with Crippen molar-refractivity contribution in [2.75, 3.05) is 0 Å². The molecule has 7 heteroatoms. The van der Waals surface area contributed by atoms with Crippen LogP contribution in [0, 0.1) is 6.92 Å². The summed E-state index contributed by atoms with van der Waals surface area (Å²) in [5, 5.41) is 15.0. The van der Waals surface area contributed by atoms with Crippen molar-refractivity contribution >= 4 is 23.4 Å². The van der Waals surface area contributed by atoms with Crippen molar-refractivity contribution in [1.82, 2.24) is 14.9 Å². The van der Waals surface area contributed by atoms with Gasteiger partial charge in [-0.2, -0.15) is 0 Å². The molecule has 2 N–H and O–H groups in total. The van der Waals surface area contributed by atoms with Gasteiger partial charge in [-0.25, -0.2) is 0 Å². The molecule has 0 aliphatic rings. The number of hydrogen-bond acceptors (Lipinski definition) is 5. The number of amides is 1. The number of aliphatic carboxylic acids is 1. The van der Waals surface area contributed by atoms with Gasteiger partial charge in [0.1, 0.15) is 4.88 Å². The standard InChI is InChI=1S/C10H15N3O3S/c1-6(4-3-5-8(14)15)11-10(16)9-7(2)12-13-17-9/h6H,3-5H2,1-2H3,(H,11,16)(H,14,15). The van der Waals surface area contributed by atoms with E-state index < -0.39 is 5.97 Å². The number of carbonyl (C=O) groups is 2. The molecule has 0 fully saturated rings. The average molecular weight is 257 g/mol. The molecule has 1 atom stereocenters. The molecule has 17 heavy (non-hydrogen) atoms. The highest BCUT2D eigenvalue weighted by Crippen LogP contribution is 2.09. The first-order chi connectivity index (χ1) is 8.00. The molecule has 0 radical (unpaired) electrons. The molecule has 94 valence electrons. The van der Waals surface area contributed by atoms with Gasteiger partial charge < -0.3 is 10.4 Å². The van der Waals surface area contributed by atoms with E-state index in [-0.39, 0.29) is 18.4 Å². The first-order valence-corrected chi connectivity index (χ1v) is 6.09. The fraction of sp³-hybridized carbons (Fsp3) is 0.600. The van der Waals surface area contributed by atoms with Gasteiger partial charge in [-0.15, -0.1) is 5.10 Å². The molecule has 0 aliphatic carbocycles. The molecular formula is C10H15N3O3S. The number of carboxylic acids is 1. The zero-order valence-corrected chi connectivity index (χ0v) is 10.6. The van der Waals surface area contributed by atoms with Crippen molar-refractivity contribution < 1.29 is 14.7 Å². The maximum atomic E-state index is 11.7. The van der Waals surface area contributed by atoms with Crippen molar-refractivity contribution in [3.8, 4) is 0 Å². The minimum atomic E-state index is -0.814. The second-order valence-electron chi connectivity index (χ2n) is 3.85. The van der Waals surface area contributed by atoms with E-state index in [9.17, 15) is 9.59 Å². The van der Waals surface area contributed by atoms with E-state index in [0.29, 0.717) is 23.4 Å². The van der Waals surface area contributed by atoms with E-state index >= 15 is 0 Å². The van der Waals surface area contributed by atoms with Crippen molar-refractivity contribution in [2.24, 2.45) is 0 Å². The van der Waals surface area contributed by atoms with Gasteiger partial charge in [0.2, 0.25) is 0 Å². The third kappa shape index (κ3) is 4.48. The lowest BCUT2D eigenvalue weighted by molar-refractivity contribution is -0.137. The lowest BCUT2D eigenvalue weighted by Crippen LogP contribution is -2.32. The second-order valence-corrected chi connectivity index (χ2v) is 4.60. The van der Waals surface area contributed by atoms with Gasteiger partial charge >= 0.3 is 5.97 Å². The number of carboxylic acid groups (broad SMARTS) is 1. The van der Waals surface area contributed by atoms with Crippen LogP contribution in [-0.2, 0) is 4.79 Å². The van der Waals surface area contributed by atoms with Crippen LogP contribution in [0.2, 0.25) is 0 Å². The monoisotopic (exact) mass is 257 g/mol. The Balaban J connectivity index is 2.36. The van der Waals surface area contributed by atoms with Crippen LogP contribution in [0.3, 0.4) is 0 Å². The maximum absolute atomic E-state index is 11.7. The highest BCUT2D eigenvalue weighted by molar-refractivity contribution is 7.07. The summed E-state index contributed by atoms with van der Waals surface area (Å²) in [5.74, 6) is -1.01. The number of carbonyl (C=O) groups excluding carboxylic acids is 1. The molecular weight excluding hydrogens is 242 g/mol. The van der Waals surface area contributed by atoms with Crippen LogP contribution >= 0.6 is 11.5 Å². The summed E-state index contributed by atoms with van der Waals surface area (Å²) >= 11 is 1.06. The molecule has 0 bridgehead atoms. The third-order valence-corrected chi connectivity index (χ3v) is 3.09. The number of aromatic nitrogens is 2. The Morgan fingerprint density at radius 3 is 2.76 bits per heavy atom. The molecule has 1 amide bonds. The predicted molar refractivity (Wildman–Crippen MR) is 63.1 cm³/mol. The second kappa shape index (κ2) is 6.29. The molecule has 0 aliphatic heterocycles. The summed E-state index contributed by atoms with van der Waals surface area (Å²) in [6.07, 6.45) is 1.32. The van der Waals surface area contributed by atoms with Gasteiger partial charge in [-0.05, 0) is 38.2 Å². The zero-order chi connectivity index (χ0) is 12.8. The Morgan fingerprint density at radius 1 is 1.53 bits per heavy atom. The lowest BCUT2D eigenvalue weighted by Gasteiger charge is -2.12. The summed E-state index contributed by atoms with van der Waals surface area (Å²) in [6, 6.07) is -0.0525. The Bertz CT molecular complexity index is 405. The summed E-state index contributed by atoms with van der Waals surface area (Å²) in [4.78, 5) is 22.6. The van der Waals surface area contributed by atoms with Gasteiger partial charge in [-0.1, -0.05) is 4.49 Å². The van der Waals surface area contributed by atoms with Gasteiger partial charge in [0, 0.05) is 12.5 Å². The van der Waals surface area contributed by atoms with E-state index in [1.165, 1.54) is 0 Å². The first kappa shape index (κ1) is 13.6. The van der Waals surface area contributed by atoms with Crippen LogP contribution in [-0.4, -0.2) is 32.6 Å². The summed E-state index contributed by atoms with van der Waals surface area (Å²) in [5.41, 5.74) is 0.616. The highest BCUT2D eigenvalue weighted by atomic mass is 32.1. The number of nitrogens with zero attached hydrogens (tertiary/aromatic N) is 2. The van der Waals surface area contributed by atoms with Gasteiger partial charge in [0.05, 0.1) is 5.69 Å². The average Bonchev–Trinajstić information content (AvgIpc) is 2.63. The molecule has 0 saturated carbocycles. The molecule has 0 spiro atoms. The Labute approximate surface area is 103 Å². The third-order valence-electron chi connectivity index (χ3n) is 2.26. The summed E-state index contributed by atoms with van der Waals surface area (Å²) in [7, 11) is 0. The Morgan fingerprint density at radius 2 is 2.24 bits per heavy atom. The minimum Gasteiger partial charge on any atom is -0.481 e. The largest absolute Gasteiger partial charge is 0.481 e. The maximum Gasteiger partial charge on any atom is 0.303 e. The molecule has 0 aromatic carbocycles. The summed E-state index contributed by atoms with van der Waals surface area (Å²) in [6.45, 7) is 3.58. The molecule has 1 aromatic heterocycles. The van der Waals surface area contributed by atoms with Crippen LogP contribution < -0.4 is 5.32 Å². The van der Waals surface area contributed by atoms with Gasteiger partial charge in [0.25, 0.3) is 5.91 Å². The predicted octanol–water partition coefficient (Wildman–Crippen LogP) is 1.22. The first-order valence-electron chi connectivity index (χ1n) is 5.32. The number of nitrogens with one attached hydrogen (secondary N) is 1. The van der Waals surface area contributed by atoms with Crippen molar-refractivity contribution in [3.05, 3.63) is 10.6 Å². The van der Waals surface area contributed by atoms with E-state index in [1.807, 2.05) is 6.92 Å². The quantitative estimate of drug-likeness (QED) is 0.799. The molecule has 0 saturated heterocycles.